The highest BCUT2D eigenvalue weighted by atomic mass is 19.1. The van der Waals surface area contributed by atoms with Crippen molar-refractivity contribution in [1.82, 2.24) is 9.80 Å². The molecule has 1 unspecified atom stereocenters. The summed E-state index contributed by atoms with van der Waals surface area (Å²) in [6, 6.07) is 16.4. The van der Waals surface area contributed by atoms with Gasteiger partial charge in [0, 0.05) is 39.3 Å². The Labute approximate surface area is 148 Å². The molecule has 0 saturated carbocycles. The number of benzene rings is 2. The Morgan fingerprint density at radius 2 is 1.56 bits per heavy atom. The summed E-state index contributed by atoms with van der Waals surface area (Å²) in [5.41, 5.74) is 1.34. The maximum Gasteiger partial charge on any atom is 0.123 e. The zero-order valence-corrected chi connectivity index (χ0v) is 14.4. The second-order valence-electron chi connectivity index (χ2n) is 6.48. The van der Waals surface area contributed by atoms with E-state index in [0.29, 0.717) is 12.3 Å². The fourth-order valence-electron chi connectivity index (χ4n) is 3.05. The van der Waals surface area contributed by atoms with Crippen LogP contribution in [0.4, 0.5) is 4.39 Å². The summed E-state index contributed by atoms with van der Waals surface area (Å²) in [6.45, 7) is 5.68. The van der Waals surface area contributed by atoms with Gasteiger partial charge in [0.05, 0.1) is 0 Å². The highest BCUT2D eigenvalue weighted by Crippen LogP contribution is 2.12. The highest BCUT2D eigenvalue weighted by Gasteiger charge is 2.19. The largest absolute Gasteiger partial charge is 0.491 e. The van der Waals surface area contributed by atoms with Gasteiger partial charge in [0.1, 0.15) is 24.3 Å². The molecule has 5 heteroatoms. The SMILES string of the molecule is OC(COc1ccc(F)cc1)CN1CCN(Cc2ccccc2)CC1. The van der Waals surface area contributed by atoms with Crippen LogP contribution < -0.4 is 4.74 Å². The second-order valence-corrected chi connectivity index (χ2v) is 6.48. The van der Waals surface area contributed by atoms with E-state index in [-0.39, 0.29) is 12.4 Å². The van der Waals surface area contributed by atoms with Crippen molar-refractivity contribution in [3.05, 3.63) is 66.0 Å². The van der Waals surface area contributed by atoms with E-state index in [1.54, 1.807) is 12.1 Å². The molecule has 0 spiro atoms. The molecule has 0 radical (unpaired) electrons. The van der Waals surface area contributed by atoms with Crippen molar-refractivity contribution >= 4 is 0 Å². The summed E-state index contributed by atoms with van der Waals surface area (Å²) in [5.74, 6) is 0.286. The third-order valence-corrected chi connectivity index (χ3v) is 4.44. The normalized spacial score (nSPS) is 17.4. The number of hydrogen-bond donors (Lipinski definition) is 1. The molecule has 1 saturated heterocycles. The third kappa shape index (κ3) is 5.81. The molecule has 1 heterocycles. The molecule has 4 nitrogen and oxygen atoms in total. The zero-order chi connectivity index (χ0) is 17.5. The standard InChI is InChI=1S/C20H25FN2O2/c21-18-6-8-20(9-7-18)25-16-19(24)15-23-12-10-22(11-13-23)14-17-4-2-1-3-5-17/h1-9,19,24H,10-16H2. The number of piperazine rings is 1. The van der Waals surface area contributed by atoms with Crippen LogP contribution in [0.3, 0.4) is 0 Å². The molecule has 1 fully saturated rings. The molecule has 25 heavy (non-hydrogen) atoms. The molecule has 134 valence electrons. The van der Waals surface area contributed by atoms with E-state index < -0.39 is 6.10 Å². The lowest BCUT2D eigenvalue weighted by atomic mass is 10.2. The molecule has 1 N–H and O–H groups in total. The van der Waals surface area contributed by atoms with Crippen molar-refractivity contribution in [2.24, 2.45) is 0 Å². The summed E-state index contributed by atoms with van der Waals surface area (Å²) in [5, 5.41) is 10.2. The molecule has 2 aromatic rings. The maximum atomic E-state index is 12.8. The number of aliphatic hydroxyl groups excluding tert-OH is 1. The fourth-order valence-corrected chi connectivity index (χ4v) is 3.05. The van der Waals surface area contributed by atoms with E-state index in [2.05, 4.69) is 34.1 Å². The average Bonchev–Trinajstić information content (AvgIpc) is 2.64. The molecule has 1 aliphatic rings. The first-order valence-corrected chi connectivity index (χ1v) is 8.74. The van der Waals surface area contributed by atoms with E-state index in [0.717, 1.165) is 32.7 Å². The Balaban J connectivity index is 1.36. The van der Waals surface area contributed by atoms with Crippen molar-refractivity contribution in [1.29, 1.82) is 0 Å². The van der Waals surface area contributed by atoms with Crippen molar-refractivity contribution < 1.29 is 14.2 Å². The number of ether oxygens (including phenoxy) is 1. The van der Waals surface area contributed by atoms with Crippen LogP contribution in [0.1, 0.15) is 5.56 Å². The molecule has 1 atom stereocenters. The van der Waals surface area contributed by atoms with Crippen LogP contribution in [0.5, 0.6) is 5.75 Å². The van der Waals surface area contributed by atoms with Gasteiger partial charge in [0.2, 0.25) is 0 Å². The van der Waals surface area contributed by atoms with Gasteiger partial charge in [0.25, 0.3) is 0 Å². The Hall–Kier alpha value is -1.95. The van der Waals surface area contributed by atoms with Crippen LogP contribution in [-0.2, 0) is 6.54 Å². The highest BCUT2D eigenvalue weighted by molar-refractivity contribution is 5.22. The third-order valence-electron chi connectivity index (χ3n) is 4.44. The molecule has 2 aromatic carbocycles. The Morgan fingerprint density at radius 1 is 0.920 bits per heavy atom. The molecule has 0 bridgehead atoms. The van der Waals surface area contributed by atoms with Crippen molar-refractivity contribution in [2.45, 2.75) is 12.6 Å². The first kappa shape index (κ1) is 17.9. The molecular formula is C20H25FN2O2. The van der Waals surface area contributed by atoms with E-state index in [1.165, 1.54) is 17.7 Å². The summed E-state index contributed by atoms with van der Waals surface area (Å²) >= 11 is 0. The molecule has 1 aliphatic heterocycles. The number of aliphatic hydroxyl groups is 1. The minimum atomic E-state index is -0.550. The van der Waals surface area contributed by atoms with E-state index in [9.17, 15) is 9.50 Å². The fraction of sp³-hybridized carbons (Fsp3) is 0.400. The Bertz CT molecular complexity index is 628. The monoisotopic (exact) mass is 344 g/mol. The lowest BCUT2D eigenvalue weighted by Gasteiger charge is -2.35. The van der Waals surface area contributed by atoms with Crippen LogP contribution in [0.15, 0.2) is 54.6 Å². The molecule has 3 rings (SSSR count). The maximum absolute atomic E-state index is 12.8. The van der Waals surface area contributed by atoms with Crippen LogP contribution in [0, 0.1) is 5.82 Å². The quantitative estimate of drug-likeness (QED) is 0.837. The number of nitrogens with zero attached hydrogens (tertiary/aromatic N) is 2. The number of halogens is 1. The van der Waals surface area contributed by atoms with Gasteiger partial charge in [-0.1, -0.05) is 30.3 Å². The number of rotatable bonds is 7. The predicted molar refractivity (Wildman–Crippen MR) is 96.1 cm³/mol. The molecule has 0 amide bonds. The zero-order valence-electron chi connectivity index (χ0n) is 14.4. The minimum absolute atomic E-state index is 0.218. The van der Waals surface area contributed by atoms with Gasteiger partial charge in [-0.3, -0.25) is 9.80 Å². The van der Waals surface area contributed by atoms with Gasteiger partial charge in [-0.15, -0.1) is 0 Å². The van der Waals surface area contributed by atoms with Gasteiger partial charge in [-0.25, -0.2) is 4.39 Å². The van der Waals surface area contributed by atoms with Crippen molar-refractivity contribution in [2.75, 3.05) is 39.3 Å². The minimum Gasteiger partial charge on any atom is -0.491 e. The van der Waals surface area contributed by atoms with Crippen LogP contribution >= 0.6 is 0 Å². The first-order chi connectivity index (χ1) is 12.2. The van der Waals surface area contributed by atoms with Crippen LogP contribution in [0.2, 0.25) is 0 Å². The Kier molecular flexibility index (Phi) is 6.39. The summed E-state index contributed by atoms with van der Waals surface area (Å²) in [7, 11) is 0. The number of hydrogen-bond acceptors (Lipinski definition) is 4. The summed E-state index contributed by atoms with van der Waals surface area (Å²) in [6.07, 6.45) is -0.550. The lowest BCUT2D eigenvalue weighted by molar-refractivity contribution is 0.0446. The average molecular weight is 344 g/mol. The van der Waals surface area contributed by atoms with Crippen molar-refractivity contribution in [3.63, 3.8) is 0 Å². The van der Waals surface area contributed by atoms with Gasteiger partial charge in [-0.2, -0.15) is 0 Å². The summed E-state index contributed by atoms with van der Waals surface area (Å²) < 4.78 is 18.4. The van der Waals surface area contributed by atoms with Gasteiger partial charge < -0.3 is 9.84 Å². The molecule has 0 aliphatic carbocycles. The van der Waals surface area contributed by atoms with E-state index in [1.807, 2.05) is 6.07 Å². The lowest BCUT2D eigenvalue weighted by Crippen LogP contribution is -2.48. The topological polar surface area (TPSA) is 35.9 Å². The second kappa shape index (κ2) is 8.94. The molecular weight excluding hydrogens is 319 g/mol. The molecule has 0 aromatic heterocycles. The van der Waals surface area contributed by atoms with Crippen molar-refractivity contribution in [3.8, 4) is 5.75 Å². The van der Waals surface area contributed by atoms with Crippen LogP contribution in [-0.4, -0.2) is 60.3 Å². The predicted octanol–water partition coefficient (Wildman–Crippen LogP) is 2.38. The first-order valence-electron chi connectivity index (χ1n) is 8.74. The number of β-amino-alcohol motifs (C(OH)–C–C–N with tert-alkyl or cyclic N) is 1. The van der Waals surface area contributed by atoms with Gasteiger partial charge >= 0.3 is 0 Å². The van der Waals surface area contributed by atoms with Crippen LogP contribution in [0.25, 0.3) is 0 Å². The summed E-state index contributed by atoms with van der Waals surface area (Å²) in [4.78, 5) is 4.70. The van der Waals surface area contributed by atoms with Gasteiger partial charge in [-0.05, 0) is 29.8 Å². The Morgan fingerprint density at radius 3 is 2.24 bits per heavy atom. The smallest absolute Gasteiger partial charge is 0.123 e. The van der Waals surface area contributed by atoms with E-state index >= 15 is 0 Å². The van der Waals surface area contributed by atoms with Gasteiger partial charge in [0.15, 0.2) is 0 Å². The van der Waals surface area contributed by atoms with E-state index in [4.69, 9.17) is 4.74 Å².